The highest BCUT2D eigenvalue weighted by atomic mass is 32.2. The SMILES string of the molecule is CCSc1cccc2cc[nH+]cc12. The maximum atomic E-state index is 3.12. The van der Waals surface area contributed by atoms with Crippen LogP contribution in [-0.4, -0.2) is 5.75 Å². The van der Waals surface area contributed by atoms with Crippen LogP contribution in [0.5, 0.6) is 0 Å². The fourth-order valence-electron chi connectivity index (χ4n) is 1.41. The van der Waals surface area contributed by atoms with Crippen LogP contribution in [0.4, 0.5) is 0 Å². The minimum absolute atomic E-state index is 1.12. The highest BCUT2D eigenvalue weighted by Gasteiger charge is 2.01. The number of aromatic nitrogens is 1. The van der Waals surface area contributed by atoms with Crippen molar-refractivity contribution in [2.75, 3.05) is 5.75 Å². The molecule has 0 amide bonds. The van der Waals surface area contributed by atoms with E-state index >= 15 is 0 Å². The normalized spacial score (nSPS) is 10.5. The molecule has 0 aliphatic rings. The number of rotatable bonds is 2. The zero-order chi connectivity index (χ0) is 9.10. The van der Waals surface area contributed by atoms with Crippen molar-refractivity contribution in [2.24, 2.45) is 0 Å². The van der Waals surface area contributed by atoms with E-state index in [1.165, 1.54) is 15.7 Å². The first-order valence-corrected chi connectivity index (χ1v) is 5.42. The fraction of sp³-hybridized carbons (Fsp3) is 0.182. The highest BCUT2D eigenvalue weighted by Crippen LogP contribution is 2.25. The zero-order valence-corrected chi connectivity index (χ0v) is 8.40. The molecule has 0 aliphatic heterocycles. The molecule has 2 heteroatoms. The van der Waals surface area contributed by atoms with Crippen LogP contribution < -0.4 is 4.98 Å². The maximum Gasteiger partial charge on any atom is 0.176 e. The summed E-state index contributed by atoms with van der Waals surface area (Å²) in [5.74, 6) is 1.12. The van der Waals surface area contributed by atoms with Gasteiger partial charge in [-0.05, 0) is 17.2 Å². The van der Waals surface area contributed by atoms with E-state index in [4.69, 9.17) is 0 Å². The second-order valence-electron chi connectivity index (χ2n) is 2.84. The van der Waals surface area contributed by atoms with E-state index in [1.54, 1.807) is 0 Å². The molecule has 0 unspecified atom stereocenters. The number of thioether (sulfide) groups is 1. The second-order valence-corrected chi connectivity index (χ2v) is 4.14. The smallest absolute Gasteiger partial charge is 0.176 e. The standard InChI is InChI=1S/C11H11NS/c1-2-13-11-5-3-4-9-6-7-12-8-10(9)11/h3-8H,2H2,1H3/p+1. The van der Waals surface area contributed by atoms with Crippen molar-refractivity contribution in [3.8, 4) is 0 Å². The number of benzene rings is 1. The largest absolute Gasteiger partial charge is 0.217 e. The molecule has 2 aromatic rings. The van der Waals surface area contributed by atoms with E-state index in [1.807, 2.05) is 18.0 Å². The lowest BCUT2D eigenvalue weighted by Gasteiger charge is -2.00. The average Bonchev–Trinajstić information content (AvgIpc) is 2.19. The third-order valence-corrected chi connectivity index (χ3v) is 2.94. The lowest BCUT2D eigenvalue weighted by molar-refractivity contribution is -0.375. The van der Waals surface area contributed by atoms with Gasteiger partial charge in [0, 0.05) is 11.0 Å². The van der Waals surface area contributed by atoms with Crippen LogP contribution in [0.25, 0.3) is 10.8 Å². The van der Waals surface area contributed by atoms with Crippen LogP contribution in [0.3, 0.4) is 0 Å². The molecular weight excluding hydrogens is 178 g/mol. The van der Waals surface area contributed by atoms with Gasteiger partial charge in [-0.3, -0.25) is 0 Å². The van der Waals surface area contributed by atoms with E-state index in [2.05, 4.69) is 42.4 Å². The van der Waals surface area contributed by atoms with Crippen LogP contribution >= 0.6 is 11.8 Å². The van der Waals surface area contributed by atoms with Crippen molar-refractivity contribution in [3.63, 3.8) is 0 Å². The summed E-state index contributed by atoms with van der Waals surface area (Å²) in [4.78, 5) is 4.48. The maximum absolute atomic E-state index is 3.12. The van der Waals surface area contributed by atoms with E-state index < -0.39 is 0 Å². The van der Waals surface area contributed by atoms with E-state index in [-0.39, 0.29) is 0 Å². The third kappa shape index (κ3) is 1.68. The van der Waals surface area contributed by atoms with Gasteiger partial charge in [-0.25, -0.2) is 4.98 Å². The molecule has 0 saturated carbocycles. The summed E-state index contributed by atoms with van der Waals surface area (Å²) in [7, 11) is 0. The van der Waals surface area contributed by atoms with Gasteiger partial charge < -0.3 is 0 Å². The van der Waals surface area contributed by atoms with Crippen molar-refractivity contribution in [2.45, 2.75) is 11.8 Å². The van der Waals surface area contributed by atoms with Crippen LogP contribution in [-0.2, 0) is 0 Å². The number of fused-ring (bicyclic) bond motifs is 1. The number of pyridine rings is 1. The zero-order valence-electron chi connectivity index (χ0n) is 7.58. The molecule has 0 spiro atoms. The van der Waals surface area contributed by atoms with Crippen LogP contribution in [0.1, 0.15) is 6.92 Å². The quantitative estimate of drug-likeness (QED) is 0.664. The Morgan fingerprint density at radius 3 is 3.08 bits per heavy atom. The summed E-state index contributed by atoms with van der Waals surface area (Å²) in [5.41, 5.74) is 0. The minimum atomic E-state index is 1.12. The Balaban J connectivity index is 2.61. The second kappa shape index (κ2) is 3.79. The highest BCUT2D eigenvalue weighted by molar-refractivity contribution is 7.99. The number of nitrogens with one attached hydrogen (secondary N) is 1. The molecule has 0 fully saturated rings. The van der Waals surface area contributed by atoms with Crippen LogP contribution in [0.2, 0.25) is 0 Å². The lowest BCUT2D eigenvalue weighted by Crippen LogP contribution is -1.97. The predicted molar refractivity (Wildman–Crippen MR) is 56.9 cm³/mol. The van der Waals surface area contributed by atoms with Gasteiger partial charge in [0.25, 0.3) is 0 Å². The molecule has 2 rings (SSSR count). The number of H-pyrrole nitrogens is 1. The lowest BCUT2D eigenvalue weighted by atomic mass is 10.2. The van der Waals surface area contributed by atoms with Crippen molar-refractivity contribution in [1.82, 2.24) is 0 Å². The van der Waals surface area contributed by atoms with Gasteiger partial charge >= 0.3 is 0 Å². The molecule has 0 atom stereocenters. The van der Waals surface area contributed by atoms with Crippen molar-refractivity contribution < 1.29 is 4.98 Å². The number of hydrogen-bond acceptors (Lipinski definition) is 1. The molecule has 0 aliphatic carbocycles. The van der Waals surface area contributed by atoms with Gasteiger partial charge in [0.2, 0.25) is 0 Å². The molecule has 1 aromatic heterocycles. The minimum Gasteiger partial charge on any atom is -0.217 e. The van der Waals surface area contributed by atoms with Gasteiger partial charge in [-0.2, -0.15) is 0 Å². The topological polar surface area (TPSA) is 14.1 Å². The number of hydrogen-bond donors (Lipinski definition) is 0. The number of aromatic amines is 1. The van der Waals surface area contributed by atoms with Gasteiger partial charge in [0.15, 0.2) is 12.4 Å². The summed E-state index contributed by atoms with van der Waals surface area (Å²) in [6.45, 7) is 2.18. The molecule has 13 heavy (non-hydrogen) atoms. The molecule has 0 saturated heterocycles. The van der Waals surface area contributed by atoms with E-state index in [9.17, 15) is 0 Å². The van der Waals surface area contributed by atoms with Crippen LogP contribution in [0, 0.1) is 0 Å². The van der Waals surface area contributed by atoms with Gasteiger partial charge in [-0.15, -0.1) is 11.8 Å². The molecule has 66 valence electrons. The van der Waals surface area contributed by atoms with Crippen molar-refractivity contribution >= 4 is 22.5 Å². The first kappa shape index (κ1) is 8.57. The Labute approximate surface area is 82.2 Å². The summed E-state index contributed by atoms with van der Waals surface area (Å²) in [5, 5.41) is 2.62. The molecule has 0 radical (unpaired) electrons. The Kier molecular flexibility index (Phi) is 2.50. The Morgan fingerprint density at radius 2 is 2.23 bits per heavy atom. The fourth-order valence-corrected chi connectivity index (χ4v) is 2.23. The summed E-state index contributed by atoms with van der Waals surface area (Å²) in [6.07, 6.45) is 4.02. The van der Waals surface area contributed by atoms with Crippen LogP contribution in [0.15, 0.2) is 41.6 Å². The molecule has 1 heterocycles. The van der Waals surface area contributed by atoms with Gasteiger partial charge in [0.1, 0.15) is 0 Å². The van der Waals surface area contributed by atoms with E-state index in [0.29, 0.717) is 0 Å². The summed E-state index contributed by atoms with van der Waals surface area (Å²) in [6, 6.07) is 8.53. The molecule has 0 bridgehead atoms. The molecule has 1 N–H and O–H groups in total. The third-order valence-electron chi connectivity index (χ3n) is 1.99. The van der Waals surface area contributed by atoms with Crippen molar-refractivity contribution in [1.29, 1.82) is 0 Å². The average molecular weight is 190 g/mol. The first-order valence-electron chi connectivity index (χ1n) is 4.43. The Morgan fingerprint density at radius 1 is 1.31 bits per heavy atom. The monoisotopic (exact) mass is 190 g/mol. The van der Waals surface area contributed by atoms with Gasteiger partial charge in [-0.1, -0.05) is 19.1 Å². The van der Waals surface area contributed by atoms with E-state index in [0.717, 1.165) is 5.75 Å². The summed E-state index contributed by atoms with van der Waals surface area (Å²) >= 11 is 1.88. The molecule has 1 aromatic carbocycles. The van der Waals surface area contributed by atoms with Gasteiger partial charge in [0.05, 0.1) is 5.39 Å². The Bertz CT molecular complexity index is 406. The van der Waals surface area contributed by atoms with Crippen molar-refractivity contribution in [3.05, 3.63) is 36.7 Å². The Hall–Kier alpha value is -1.02. The molecule has 1 nitrogen and oxygen atoms in total. The predicted octanol–water partition coefficient (Wildman–Crippen LogP) is 2.77. The summed E-state index contributed by atoms with van der Waals surface area (Å²) < 4.78 is 0. The molecular formula is C11H12NS+. The first-order chi connectivity index (χ1) is 6.42.